The van der Waals surface area contributed by atoms with Gasteiger partial charge in [0.1, 0.15) is 0 Å². The van der Waals surface area contributed by atoms with Crippen LogP contribution < -0.4 is 0 Å². The van der Waals surface area contributed by atoms with Gasteiger partial charge in [0.15, 0.2) is 0 Å². The van der Waals surface area contributed by atoms with Gasteiger partial charge >= 0.3 is 5.97 Å². The number of aromatic nitrogens is 1. The van der Waals surface area contributed by atoms with Crippen LogP contribution in [0.15, 0.2) is 24.5 Å². The van der Waals surface area contributed by atoms with Gasteiger partial charge in [-0.1, -0.05) is 6.07 Å². The Morgan fingerprint density at radius 2 is 2.39 bits per heavy atom. The monoisotopic (exact) mass is 248 g/mol. The van der Waals surface area contributed by atoms with Crippen molar-refractivity contribution in [3.05, 3.63) is 30.1 Å². The summed E-state index contributed by atoms with van der Waals surface area (Å²) in [5.74, 6) is -0.674. The number of methoxy groups -OCH3 is 1. The second-order valence-corrected chi connectivity index (χ2v) is 4.43. The average Bonchev–Trinajstić information content (AvgIpc) is 2.80. The van der Waals surface area contributed by atoms with Crippen LogP contribution in [0.1, 0.15) is 24.9 Å². The number of hydrogen-bond acceptors (Lipinski definition) is 4. The number of nitrogens with zero attached hydrogens (tertiary/aromatic N) is 2. The highest BCUT2D eigenvalue weighted by Crippen LogP contribution is 2.28. The molecule has 5 heteroatoms. The molecular formula is C13H16N2O3. The number of amides is 1. The third kappa shape index (κ3) is 2.34. The summed E-state index contributed by atoms with van der Waals surface area (Å²) < 4.78 is 4.69. The SMILES string of the molecule is COC(=O)C1CC(=O)N(C(C)c2cccnc2)C1. The lowest BCUT2D eigenvalue weighted by molar-refractivity contribution is -0.145. The molecule has 1 aromatic heterocycles. The van der Waals surface area contributed by atoms with E-state index in [4.69, 9.17) is 0 Å². The third-order valence-corrected chi connectivity index (χ3v) is 3.33. The van der Waals surface area contributed by atoms with Gasteiger partial charge < -0.3 is 9.64 Å². The van der Waals surface area contributed by atoms with E-state index in [1.807, 2.05) is 19.1 Å². The van der Waals surface area contributed by atoms with Gasteiger partial charge in [-0.3, -0.25) is 14.6 Å². The van der Waals surface area contributed by atoms with Gasteiger partial charge in [0.2, 0.25) is 5.91 Å². The molecule has 0 saturated carbocycles. The molecular weight excluding hydrogens is 232 g/mol. The molecule has 0 bridgehead atoms. The highest BCUT2D eigenvalue weighted by atomic mass is 16.5. The van der Waals surface area contributed by atoms with Crippen LogP contribution in [0.25, 0.3) is 0 Å². The van der Waals surface area contributed by atoms with Crippen LogP contribution in [0.5, 0.6) is 0 Å². The summed E-state index contributed by atoms with van der Waals surface area (Å²) in [6, 6.07) is 3.70. The first kappa shape index (κ1) is 12.5. The normalized spacial score (nSPS) is 20.9. The highest BCUT2D eigenvalue weighted by Gasteiger charge is 2.37. The van der Waals surface area contributed by atoms with Gasteiger partial charge in [0, 0.05) is 25.4 Å². The van der Waals surface area contributed by atoms with E-state index < -0.39 is 0 Å². The Bertz CT molecular complexity index is 447. The van der Waals surface area contributed by atoms with E-state index in [1.54, 1.807) is 17.3 Å². The Kier molecular flexibility index (Phi) is 3.60. The number of carbonyl (C=O) groups is 2. The summed E-state index contributed by atoms with van der Waals surface area (Å²) >= 11 is 0. The molecule has 2 atom stereocenters. The minimum absolute atomic E-state index is 0.0123. The van der Waals surface area contributed by atoms with Crippen molar-refractivity contribution in [1.29, 1.82) is 0 Å². The van der Waals surface area contributed by atoms with E-state index in [9.17, 15) is 9.59 Å². The molecule has 2 heterocycles. The molecule has 1 fully saturated rings. The van der Waals surface area contributed by atoms with E-state index in [0.29, 0.717) is 6.54 Å². The van der Waals surface area contributed by atoms with E-state index in [2.05, 4.69) is 9.72 Å². The van der Waals surface area contributed by atoms with Gasteiger partial charge in [-0.25, -0.2) is 0 Å². The van der Waals surface area contributed by atoms with E-state index in [0.717, 1.165) is 5.56 Å². The van der Waals surface area contributed by atoms with Crippen LogP contribution in [-0.2, 0) is 14.3 Å². The highest BCUT2D eigenvalue weighted by molar-refractivity contribution is 5.87. The first-order chi connectivity index (χ1) is 8.63. The van der Waals surface area contributed by atoms with Gasteiger partial charge in [0.05, 0.1) is 19.1 Å². The van der Waals surface area contributed by atoms with Crippen LogP contribution in [-0.4, -0.2) is 35.4 Å². The minimum atomic E-state index is -0.346. The smallest absolute Gasteiger partial charge is 0.310 e. The Balaban J connectivity index is 2.10. The maximum atomic E-state index is 11.9. The Morgan fingerprint density at radius 3 is 3.00 bits per heavy atom. The van der Waals surface area contributed by atoms with Gasteiger partial charge in [-0.2, -0.15) is 0 Å². The predicted molar refractivity (Wildman–Crippen MR) is 64.5 cm³/mol. The van der Waals surface area contributed by atoms with Crippen LogP contribution in [0.3, 0.4) is 0 Å². The summed E-state index contributed by atoms with van der Waals surface area (Å²) in [5.41, 5.74) is 0.969. The van der Waals surface area contributed by atoms with Crippen molar-refractivity contribution in [2.75, 3.05) is 13.7 Å². The summed E-state index contributed by atoms with van der Waals surface area (Å²) in [7, 11) is 1.35. The molecule has 1 aromatic rings. The Labute approximate surface area is 106 Å². The molecule has 5 nitrogen and oxygen atoms in total. The molecule has 0 aliphatic carbocycles. The van der Waals surface area contributed by atoms with E-state index in [-0.39, 0.29) is 30.3 Å². The van der Waals surface area contributed by atoms with Crippen molar-refractivity contribution in [3.63, 3.8) is 0 Å². The number of pyridine rings is 1. The summed E-state index contributed by atoms with van der Waals surface area (Å²) in [4.78, 5) is 29.1. The molecule has 1 aliphatic heterocycles. The zero-order chi connectivity index (χ0) is 13.1. The maximum Gasteiger partial charge on any atom is 0.310 e. The predicted octanol–water partition coefficient (Wildman–Crippen LogP) is 1.16. The molecule has 96 valence electrons. The number of hydrogen-bond donors (Lipinski definition) is 0. The maximum absolute atomic E-state index is 11.9. The van der Waals surface area contributed by atoms with Crippen molar-refractivity contribution >= 4 is 11.9 Å². The molecule has 0 aromatic carbocycles. The Hall–Kier alpha value is -1.91. The number of rotatable bonds is 3. The molecule has 1 aliphatic rings. The van der Waals surface area contributed by atoms with E-state index in [1.165, 1.54) is 7.11 Å². The Morgan fingerprint density at radius 1 is 1.61 bits per heavy atom. The molecule has 1 amide bonds. The fourth-order valence-corrected chi connectivity index (χ4v) is 2.23. The molecule has 0 spiro atoms. The number of ether oxygens (including phenoxy) is 1. The molecule has 18 heavy (non-hydrogen) atoms. The number of esters is 1. The number of likely N-dealkylation sites (tertiary alicyclic amines) is 1. The average molecular weight is 248 g/mol. The second kappa shape index (κ2) is 5.16. The van der Waals surface area contributed by atoms with Gasteiger partial charge in [-0.15, -0.1) is 0 Å². The largest absolute Gasteiger partial charge is 0.469 e. The lowest BCUT2D eigenvalue weighted by Gasteiger charge is -2.24. The quantitative estimate of drug-likeness (QED) is 0.753. The summed E-state index contributed by atoms with van der Waals surface area (Å²) in [5, 5.41) is 0. The zero-order valence-electron chi connectivity index (χ0n) is 10.5. The second-order valence-electron chi connectivity index (χ2n) is 4.43. The molecule has 2 rings (SSSR count). The van der Waals surface area contributed by atoms with Crippen LogP contribution in [0, 0.1) is 5.92 Å². The molecule has 0 N–H and O–H groups in total. The van der Waals surface area contributed by atoms with Crippen molar-refractivity contribution in [2.45, 2.75) is 19.4 Å². The van der Waals surface area contributed by atoms with Crippen LogP contribution in [0.4, 0.5) is 0 Å². The van der Waals surface area contributed by atoms with Crippen molar-refractivity contribution in [2.24, 2.45) is 5.92 Å². The van der Waals surface area contributed by atoms with Crippen molar-refractivity contribution < 1.29 is 14.3 Å². The van der Waals surface area contributed by atoms with Crippen molar-refractivity contribution in [1.82, 2.24) is 9.88 Å². The zero-order valence-corrected chi connectivity index (χ0v) is 10.5. The van der Waals surface area contributed by atoms with E-state index >= 15 is 0 Å². The van der Waals surface area contributed by atoms with Crippen molar-refractivity contribution in [3.8, 4) is 0 Å². The lowest BCUT2D eigenvalue weighted by atomic mass is 10.1. The standard InChI is InChI=1S/C13H16N2O3/c1-9(10-4-3-5-14-7-10)15-8-11(6-12(15)16)13(17)18-2/h3-5,7,9,11H,6,8H2,1-2H3. The fourth-order valence-electron chi connectivity index (χ4n) is 2.23. The molecule has 1 saturated heterocycles. The fraction of sp³-hybridized carbons (Fsp3) is 0.462. The third-order valence-electron chi connectivity index (χ3n) is 3.33. The lowest BCUT2D eigenvalue weighted by Crippen LogP contribution is -2.29. The van der Waals surface area contributed by atoms with Crippen LogP contribution >= 0.6 is 0 Å². The first-order valence-corrected chi connectivity index (χ1v) is 5.90. The summed E-state index contributed by atoms with van der Waals surface area (Å²) in [6.45, 7) is 2.36. The first-order valence-electron chi connectivity index (χ1n) is 5.90. The van der Waals surface area contributed by atoms with Gasteiger partial charge in [-0.05, 0) is 18.6 Å². The minimum Gasteiger partial charge on any atom is -0.469 e. The van der Waals surface area contributed by atoms with Crippen LogP contribution in [0.2, 0.25) is 0 Å². The molecule has 2 unspecified atom stereocenters. The molecule has 0 radical (unpaired) electrons. The topological polar surface area (TPSA) is 59.5 Å². The van der Waals surface area contributed by atoms with Gasteiger partial charge in [0.25, 0.3) is 0 Å². The number of carbonyl (C=O) groups excluding carboxylic acids is 2. The summed E-state index contributed by atoms with van der Waals surface area (Å²) in [6.07, 6.45) is 3.67.